The third-order valence-electron chi connectivity index (χ3n) is 1.70. The number of carbonyl (C=O) groups is 1. The summed E-state index contributed by atoms with van der Waals surface area (Å²) in [4.78, 5) is 14.8. The van der Waals surface area contributed by atoms with Crippen LogP contribution in [0.3, 0.4) is 0 Å². The van der Waals surface area contributed by atoms with Gasteiger partial charge in [-0.25, -0.2) is 4.98 Å². The number of fused-ring (bicyclic) bond motifs is 1. The van der Waals surface area contributed by atoms with Crippen LogP contribution in [0.4, 0.5) is 5.82 Å². The molecule has 13 heavy (non-hydrogen) atoms. The van der Waals surface area contributed by atoms with Crippen LogP contribution in [-0.4, -0.2) is 20.5 Å². The summed E-state index contributed by atoms with van der Waals surface area (Å²) in [6, 6.07) is 1.59. The van der Waals surface area contributed by atoms with E-state index in [2.05, 4.69) is 10.1 Å². The second kappa shape index (κ2) is 2.44. The average molecular weight is 177 g/mol. The lowest BCUT2D eigenvalue weighted by Crippen LogP contribution is -2.11. The van der Waals surface area contributed by atoms with Gasteiger partial charge in [0.05, 0.1) is 6.20 Å². The van der Waals surface area contributed by atoms with Crippen LogP contribution in [0.25, 0.3) is 5.65 Å². The van der Waals surface area contributed by atoms with Gasteiger partial charge in [-0.1, -0.05) is 0 Å². The number of nitrogen functional groups attached to an aromatic ring is 1. The Morgan fingerprint density at radius 1 is 1.54 bits per heavy atom. The molecule has 6 heteroatoms. The highest BCUT2D eigenvalue weighted by Gasteiger charge is 2.10. The third kappa shape index (κ3) is 0.994. The second-order valence-corrected chi connectivity index (χ2v) is 2.53. The SMILES string of the molecule is NC(=O)c1cnn2c(N)ccnc12. The molecule has 0 aromatic carbocycles. The Bertz CT molecular complexity index is 475. The first kappa shape index (κ1) is 7.53. The van der Waals surface area contributed by atoms with Crippen molar-refractivity contribution in [3.05, 3.63) is 24.0 Å². The Morgan fingerprint density at radius 2 is 2.31 bits per heavy atom. The van der Waals surface area contributed by atoms with Crippen molar-refractivity contribution in [1.29, 1.82) is 0 Å². The smallest absolute Gasteiger partial charge is 0.254 e. The lowest BCUT2D eigenvalue weighted by atomic mass is 10.3. The predicted molar refractivity (Wildman–Crippen MR) is 45.9 cm³/mol. The van der Waals surface area contributed by atoms with E-state index < -0.39 is 5.91 Å². The fraction of sp³-hybridized carbons (Fsp3) is 0. The van der Waals surface area contributed by atoms with Gasteiger partial charge in [0.25, 0.3) is 5.91 Å². The zero-order valence-electron chi connectivity index (χ0n) is 6.64. The number of carbonyl (C=O) groups excluding carboxylic acids is 1. The summed E-state index contributed by atoms with van der Waals surface area (Å²) in [5, 5.41) is 3.87. The molecule has 66 valence electrons. The number of amides is 1. The molecule has 6 nitrogen and oxygen atoms in total. The molecule has 0 atom stereocenters. The molecular weight excluding hydrogens is 170 g/mol. The fourth-order valence-electron chi connectivity index (χ4n) is 1.08. The van der Waals surface area contributed by atoms with Crippen LogP contribution in [0, 0.1) is 0 Å². The Morgan fingerprint density at radius 3 is 3.00 bits per heavy atom. The van der Waals surface area contributed by atoms with E-state index in [0.717, 1.165) is 0 Å². The number of primary amides is 1. The maximum Gasteiger partial charge on any atom is 0.254 e. The summed E-state index contributed by atoms with van der Waals surface area (Å²) in [7, 11) is 0. The summed E-state index contributed by atoms with van der Waals surface area (Å²) in [5.74, 6) is -0.148. The Balaban J connectivity index is 2.83. The molecule has 0 saturated carbocycles. The first-order valence-electron chi connectivity index (χ1n) is 3.58. The quantitative estimate of drug-likeness (QED) is 0.608. The van der Waals surface area contributed by atoms with E-state index in [-0.39, 0.29) is 5.56 Å². The van der Waals surface area contributed by atoms with Gasteiger partial charge in [0.2, 0.25) is 0 Å². The molecule has 0 fully saturated rings. The van der Waals surface area contributed by atoms with E-state index in [9.17, 15) is 4.79 Å². The molecule has 0 aliphatic rings. The fourth-order valence-corrected chi connectivity index (χ4v) is 1.08. The third-order valence-corrected chi connectivity index (χ3v) is 1.70. The van der Waals surface area contributed by atoms with Gasteiger partial charge in [-0.3, -0.25) is 4.79 Å². The van der Waals surface area contributed by atoms with Crippen molar-refractivity contribution in [2.75, 3.05) is 5.73 Å². The van der Waals surface area contributed by atoms with Crippen LogP contribution in [0.2, 0.25) is 0 Å². The lowest BCUT2D eigenvalue weighted by Gasteiger charge is -1.96. The van der Waals surface area contributed by atoms with Crippen LogP contribution in [-0.2, 0) is 0 Å². The van der Waals surface area contributed by atoms with Gasteiger partial charge in [-0.2, -0.15) is 9.61 Å². The van der Waals surface area contributed by atoms with Gasteiger partial charge in [-0.05, 0) is 6.07 Å². The molecule has 2 aromatic rings. The summed E-state index contributed by atoms with van der Waals surface area (Å²) < 4.78 is 1.36. The zero-order chi connectivity index (χ0) is 9.42. The summed E-state index contributed by atoms with van der Waals surface area (Å²) >= 11 is 0. The summed E-state index contributed by atoms with van der Waals surface area (Å²) in [6.07, 6.45) is 2.85. The van der Waals surface area contributed by atoms with Crippen molar-refractivity contribution in [3.63, 3.8) is 0 Å². The number of aromatic nitrogens is 3. The maximum absolute atomic E-state index is 10.9. The highest BCUT2D eigenvalue weighted by molar-refractivity contribution is 5.98. The van der Waals surface area contributed by atoms with E-state index in [1.54, 1.807) is 6.07 Å². The molecule has 0 saturated heterocycles. The number of rotatable bonds is 1. The molecule has 0 unspecified atom stereocenters. The van der Waals surface area contributed by atoms with Crippen LogP contribution < -0.4 is 11.5 Å². The first-order valence-corrected chi connectivity index (χ1v) is 3.58. The van der Waals surface area contributed by atoms with E-state index >= 15 is 0 Å². The predicted octanol–water partition coefficient (Wildman–Crippen LogP) is -0.590. The van der Waals surface area contributed by atoms with E-state index in [1.165, 1.54) is 16.9 Å². The maximum atomic E-state index is 10.9. The van der Waals surface area contributed by atoms with Crippen molar-refractivity contribution < 1.29 is 4.79 Å². The number of hydrogen-bond donors (Lipinski definition) is 2. The van der Waals surface area contributed by atoms with Gasteiger partial charge in [0.15, 0.2) is 5.65 Å². The molecule has 0 radical (unpaired) electrons. The minimum atomic E-state index is -0.562. The topological polar surface area (TPSA) is 99.3 Å². The molecule has 2 rings (SSSR count). The molecule has 2 aromatic heterocycles. The van der Waals surface area contributed by atoms with E-state index in [1.807, 2.05) is 0 Å². The highest BCUT2D eigenvalue weighted by atomic mass is 16.1. The minimum Gasteiger partial charge on any atom is -0.384 e. The Hall–Kier alpha value is -2.11. The van der Waals surface area contributed by atoms with Gasteiger partial charge < -0.3 is 11.5 Å². The molecule has 1 amide bonds. The average Bonchev–Trinajstić information content (AvgIpc) is 2.48. The highest BCUT2D eigenvalue weighted by Crippen LogP contribution is 2.09. The molecular formula is C7H7N5O. The Kier molecular flexibility index (Phi) is 1.42. The molecule has 0 spiro atoms. The zero-order valence-corrected chi connectivity index (χ0v) is 6.64. The first-order chi connectivity index (χ1) is 6.20. The summed E-state index contributed by atoms with van der Waals surface area (Å²) in [5.41, 5.74) is 11.3. The van der Waals surface area contributed by atoms with E-state index in [0.29, 0.717) is 11.5 Å². The summed E-state index contributed by atoms with van der Waals surface area (Å²) in [6.45, 7) is 0. The van der Waals surface area contributed by atoms with Gasteiger partial charge in [0.1, 0.15) is 11.4 Å². The number of nitrogens with zero attached hydrogens (tertiary/aromatic N) is 3. The van der Waals surface area contributed by atoms with Crippen molar-refractivity contribution in [2.45, 2.75) is 0 Å². The number of nitrogens with two attached hydrogens (primary N) is 2. The molecule has 2 heterocycles. The Labute approximate surface area is 73.2 Å². The normalized spacial score (nSPS) is 10.5. The van der Waals surface area contributed by atoms with Crippen molar-refractivity contribution in [1.82, 2.24) is 14.6 Å². The van der Waals surface area contributed by atoms with Crippen LogP contribution >= 0.6 is 0 Å². The van der Waals surface area contributed by atoms with Gasteiger partial charge in [-0.15, -0.1) is 0 Å². The standard InChI is InChI=1S/C7H7N5O/c8-5-1-2-10-7-4(6(9)13)3-11-12(5)7/h1-3H,8H2,(H2,9,13). The molecule has 0 aliphatic heterocycles. The monoisotopic (exact) mass is 177 g/mol. The van der Waals surface area contributed by atoms with Crippen molar-refractivity contribution in [2.24, 2.45) is 5.73 Å². The largest absolute Gasteiger partial charge is 0.384 e. The molecule has 4 N–H and O–H groups in total. The van der Waals surface area contributed by atoms with Crippen LogP contribution in [0.15, 0.2) is 18.5 Å². The van der Waals surface area contributed by atoms with E-state index in [4.69, 9.17) is 11.5 Å². The second-order valence-electron chi connectivity index (χ2n) is 2.53. The molecule has 0 aliphatic carbocycles. The van der Waals surface area contributed by atoms with Gasteiger partial charge >= 0.3 is 0 Å². The van der Waals surface area contributed by atoms with Gasteiger partial charge in [0, 0.05) is 6.20 Å². The number of anilines is 1. The lowest BCUT2D eigenvalue weighted by molar-refractivity contribution is 0.100. The van der Waals surface area contributed by atoms with Crippen molar-refractivity contribution in [3.8, 4) is 0 Å². The van der Waals surface area contributed by atoms with Crippen LogP contribution in [0.1, 0.15) is 10.4 Å². The van der Waals surface area contributed by atoms with Crippen molar-refractivity contribution >= 4 is 17.4 Å². The minimum absolute atomic E-state index is 0.271. The number of hydrogen-bond acceptors (Lipinski definition) is 4. The molecule has 0 bridgehead atoms. The van der Waals surface area contributed by atoms with Crippen LogP contribution in [0.5, 0.6) is 0 Å².